The van der Waals surface area contributed by atoms with E-state index in [1.54, 1.807) is 37.4 Å². The fourth-order valence-corrected chi connectivity index (χ4v) is 6.66. The number of piperazine rings is 1. The highest BCUT2D eigenvalue weighted by atomic mass is 35.5. The molecule has 0 atom stereocenters. The topological polar surface area (TPSA) is 136 Å². The van der Waals surface area contributed by atoms with Crippen LogP contribution in [0.5, 0.6) is 5.75 Å². The molecule has 0 unspecified atom stereocenters. The van der Waals surface area contributed by atoms with Crippen molar-refractivity contribution >= 4 is 67.7 Å². The van der Waals surface area contributed by atoms with Crippen LogP contribution in [-0.4, -0.2) is 92.2 Å². The van der Waals surface area contributed by atoms with E-state index in [9.17, 15) is 13.2 Å². The van der Waals surface area contributed by atoms with Crippen LogP contribution in [0, 0.1) is 6.57 Å². The van der Waals surface area contributed by atoms with Crippen LogP contribution in [0.15, 0.2) is 55.3 Å². The molecule has 0 radical (unpaired) electrons. The van der Waals surface area contributed by atoms with Crippen molar-refractivity contribution in [2.24, 2.45) is 0 Å². The molecule has 3 heterocycles. The molecule has 2 aliphatic heterocycles. The second-order valence-corrected chi connectivity index (χ2v) is 13.3. The maximum Gasteiger partial charge on any atom is 0.247 e. The summed E-state index contributed by atoms with van der Waals surface area (Å²) in [7, 11) is -1.62. The van der Waals surface area contributed by atoms with Gasteiger partial charge >= 0.3 is 0 Å². The van der Waals surface area contributed by atoms with Crippen LogP contribution in [0.1, 0.15) is 12.8 Å². The van der Waals surface area contributed by atoms with E-state index < -0.39 is 10.0 Å². The van der Waals surface area contributed by atoms with Crippen LogP contribution in [0.3, 0.4) is 0 Å². The first-order valence-electron chi connectivity index (χ1n) is 14.7. The number of hydrogen-bond acceptors (Lipinski definition) is 10. The van der Waals surface area contributed by atoms with Crippen LogP contribution in [-0.2, 0) is 14.8 Å². The van der Waals surface area contributed by atoms with Gasteiger partial charge < -0.3 is 25.6 Å². The minimum Gasteiger partial charge on any atom is -0.494 e. The van der Waals surface area contributed by atoms with Crippen molar-refractivity contribution in [3.8, 4) is 5.75 Å². The van der Waals surface area contributed by atoms with E-state index in [-0.39, 0.29) is 16.9 Å². The molecule has 0 bridgehead atoms. The van der Waals surface area contributed by atoms with Gasteiger partial charge in [-0.05, 0) is 31.1 Å². The largest absolute Gasteiger partial charge is 0.494 e. The Morgan fingerprint density at radius 2 is 1.80 bits per heavy atom. The Kier molecular flexibility index (Phi) is 10.3. The zero-order chi connectivity index (χ0) is 32.8. The molecule has 13 nitrogen and oxygen atoms in total. The van der Waals surface area contributed by atoms with Gasteiger partial charge in [0, 0.05) is 57.1 Å². The van der Waals surface area contributed by atoms with Gasteiger partial charge in [0.1, 0.15) is 10.8 Å². The second kappa shape index (κ2) is 14.3. The molecule has 242 valence electrons. The first-order valence-corrected chi connectivity index (χ1v) is 16.9. The molecule has 5 rings (SSSR count). The molecule has 2 aromatic carbocycles. The van der Waals surface area contributed by atoms with Gasteiger partial charge in [-0.3, -0.25) is 9.69 Å². The summed E-state index contributed by atoms with van der Waals surface area (Å²) in [6.45, 7) is 14.9. The molecule has 2 aliphatic rings. The standard InChI is InChI=1S/C31H36ClN9O4S/c1-5-29(42)35-25-18-26(37-31-34-20-22(32)30(38-31)36-24-9-7-6-8-23(24)33-2)28(45-3)19-27(25)40-12-10-21(11-13-40)39-14-16-41(17-15-39)46(4,43)44/h5-9,18-21H,1,10-17H2,3-4H3,(H,35,42)(H2,34,36,37,38). The van der Waals surface area contributed by atoms with Crippen molar-refractivity contribution in [1.82, 2.24) is 19.2 Å². The number of carbonyl (C=O) groups is 1. The lowest BCUT2D eigenvalue weighted by atomic mass is 10.0. The number of halogens is 1. The van der Waals surface area contributed by atoms with E-state index in [1.165, 1.54) is 22.8 Å². The molecule has 3 aromatic rings. The van der Waals surface area contributed by atoms with Gasteiger partial charge in [0.25, 0.3) is 0 Å². The monoisotopic (exact) mass is 665 g/mol. The Bertz CT molecular complexity index is 1750. The van der Waals surface area contributed by atoms with Crippen molar-refractivity contribution in [2.45, 2.75) is 18.9 Å². The number of ether oxygens (including phenoxy) is 1. The Labute approximate surface area is 274 Å². The lowest BCUT2D eigenvalue weighted by Gasteiger charge is -2.43. The number of amides is 1. The minimum absolute atomic E-state index is 0.219. The molecule has 46 heavy (non-hydrogen) atoms. The summed E-state index contributed by atoms with van der Waals surface area (Å²) in [6, 6.07) is 11.0. The predicted molar refractivity (Wildman–Crippen MR) is 181 cm³/mol. The number of methoxy groups -OCH3 is 1. The van der Waals surface area contributed by atoms with Crippen molar-refractivity contribution in [3.05, 3.63) is 71.7 Å². The Balaban J connectivity index is 1.35. The SMILES string of the molecule is [C-]#[N+]c1ccccc1Nc1nc(Nc2cc(NC(=O)C=C)c(N3CCC(N4CCN(S(C)(=O)=O)CC4)CC3)cc2OC)ncc1Cl. The number of para-hydroxylation sites is 2. The van der Waals surface area contributed by atoms with E-state index >= 15 is 0 Å². The Hall–Kier alpha value is -4.42. The molecule has 0 spiro atoms. The molecular weight excluding hydrogens is 630 g/mol. The summed E-state index contributed by atoms with van der Waals surface area (Å²) < 4.78 is 31.1. The smallest absolute Gasteiger partial charge is 0.247 e. The summed E-state index contributed by atoms with van der Waals surface area (Å²) in [5, 5.41) is 9.48. The number of anilines is 6. The van der Waals surface area contributed by atoms with Crippen LogP contribution in [0.2, 0.25) is 5.02 Å². The van der Waals surface area contributed by atoms with Gasteiger partial charge in [-0.25, -0.2) is 18.2 Å². The fraction of sp³-hybridized carbons (Fsp3) is 0.355. The third-order valence-corrected chi connectivity index (χ3v) is 9.67. The molecule has 3 N–H and O–H groups in total. The van der Waals surface area contributed by atoms with E-state index in [1.807, 2.05) is 6.07 Å². The van der Waals surface area contributed by atoms with Gasteiger partial charge in [-0.15, -0.1) is 0 Å². The number of piperidine rings is 1. The number of rotatable bonds is 10. The Morgan fingerprint density at radius 3 is 2.46 bits per heavy atom. The summed E-state index contributed by atoms with van der Waals surface area (Å²) in [6.07, 6.45) is 5.70. The quantitative estimate of drug-likeness (QED) is 0.204. The lowest BCUT2D eigenvalue weighted by molar-refractivity contribution is -0.111. The molecule has 2 fully saturated rings. The van der Waals surface area contributed by atoms with Gasteiger partial charge in [-0.2, -0.15) is 9.29 Å². The number of benzene rings is 2. The molecular formula is C31H36ClN9O4S. The molecule has 0 aliphatic carbocycles. The van der Waals surface area contributed by atoms with Crippen LogP contribution >= 0.6 is 11.6 Å². The highest BCUT2D eigenvalue weighted by molar-refractivity contribution is 7.88. The molecule has 1 amide bonds. The van der Waals surface area contributed by atoms with Gasteiger partial charge in [0.05, 0.1) is 43.2 Å². The highest BCUT2D eigenvalue weighted by Gasteiger charge is 2.31. The second-order valence-electron chi connectivity index (χ2n) is 10.9. The third-order valence-electron chi connectivity index (χ3n) is 8.09. The fourth-order valence-electron chi connectivity index (χ4n) is 5.69. The Morgan fingerprint density at radius 1 is 1.09 bits per heavy atom. The zero-order valence-electron chi connectivity index (χ0n) is 25.7. The minimum atomic E-state index is -3.18. The summed E-state index contributed by atoms with van der Waals surface area (Å²) in [5.74, 6) is 0.684. The first-order chi connectivity index (χ1) is 22.1. The van der Waals surface area contributed by atoms with Crippen molar-refractivity contribution < 1.29 is 17.9 Å². The highest BCUT2D eigenvalue weighted by Crippen LogP contribution is 2.40. The summed E-state index contributed by atoms with van der Waals surface area (Å²) in [4.78, 5) is 29.4. The van der Waals surface area contributed by atoms with Crippen molar-refractivity contribution in [1.29, 1.82) is 0 Å². The number of aromatic nitrogens is 2. The maximum atomic E-state index is 12.5. The average Bonchev–Trinajstić information content (AvgIpc) is 3.06. The summed E-state index contributed by atoms with van der Waals surface area (Å²) in [5.41, 5.74) is 2.85. The van der Waals surface area contributed by atoms with E-state index in [0.717, 1.165) is 31.6 Å². The van der Waals surface area contributed by atoms with Gasteiger partial charge in [0.2, 0.25) is 27.6 Å². The maximum absolute atomic E-state index is 12.5. The molecule has 1 aromatic heterocycles. The van der Waals surface area contributed by atoms with Crippen LogP contribution in [0.4, 0.5) is 40.2 Å². The predicted octanol–water partition coefficient (Wildman–Crippen LogP) is 4.85. The van der Waals surface area contributed by atoms with E-state index in [2.05, 4.69) is 47.1 Å². The average molecular weight is 666 g/mol. The van der Waals surface area contributed by atoms with E-state index in [4.69, 9.17) is 22.9 Å². The molecule has 0 saturated carbocycles. The van der Waals surface area contributed by atoms with Crippen molar-refractivity contribution in [3.63, 3.8) is 0 Å². The first kappa shape index (κ1) is 33.0. The number of nitrogens with one attached hydrogen (secondary N) is 3. The lowest BCUT2D eigenvalue weighted by Crippen LogP contribution is -2.54. The molecule has 15 heteroatoms. The van der Waals surface area contributed by atoms with Crippen LogP contribution in [0.25, 0.3) is 4.85 Å². The van der Waals surface area contributed by atoms with Gasteiger partial charge in [-0.1, -0.05) is 36.4 Å². The van der Waals surface area contributed by atoms with E-state index in [0.29, 0.717) is 66.5 Å². The zero-order valence-corrected chi connectivity index (χ0v) is 27.2. The van der Waals surface area contributed by atoms with Gasteiger partial charge in [0.15, 0.2) is 5.82 Å². The normalized spacial score (nSPS) is 16.3. The third kappa shape index (κ3) is 7.68. The van der Waals surface area contributed by atoms with Crippen LogP contribution < -0.4 is 25.6 Å². The number of nitrogens with zero attached hydrogens (tertiary/aromatic N) is 6. The number of hydrogen-bond donors (Lipinski definition) is 3. The number of sulfonamides is 1. The summed E-state index contributed by atoms with van der Waals surface area (Å²) >= 11 is 6.38. The molecule has 2 saturated heterocycles. The van der Waals surface area contributed by atoms with Crippen molar-refractivity contribution in [2.75, 3.05) is 73.5 Å². The number of carbonyl (C=O) groups excluding carboxylic acids is 1.